The molecule has 8 heteroatoms. The Kier molecular flexibility index (Phi) is 16.1. The molecule has 0 aliphatic carbocycles. The Labute approximate surface area is 468 Å². The van der Waals surface area contributed by atoms with Gasteiger partial charge in [0.2, 0.25) is 0 Å². The minimum absolute atomic E-state index is 0.123. The Balaban J connectivity index is 1.65. The molecule has 2 aliphatic rings. The van der Waals surface area contributed by atoms with Crippen molar-refractivity contribution < 1.29 is 13.6 Å². The average molecular weight is 1070 g/mol. The Morgan fingerprint density at radius 2 is 0.641 bits per heavy atom. The quantitative estimate of drug-likeness (QED) is 0.0939. The van der Waals surface area contributed by atoms with Crippen LogP contribution >= 0.6 is 7.60 Å². The molecule has 5 heterocycles. The molecule has 0 saturated heterocycles. The molecule has 7 nitrogen and oxygen atoms in total. The van der Waals surface area contributed by atoms with Crippen LogP contribution in [-0.2, 0) is 46.1 Å². The molecule has 0 spiro atoms. The molecule has 414 valence electrons. The zero-order chi connectivity index (χ0) is 57.1. The van der Waals surface area contributed by atoms with E-state index in [0.29, 0.717) is 16.5 Å². The van der Waals surface area contributed by atoms with Gasteiger partial charge in [-0.1, -0.05) is 206 Å². The van der Waals surface area contributed by atoms with Crippen molar-refractivity contribution in [1.82, 2.24) is 19.9 Å². The summed E-state index contributed by atoms with van der Waals surface area (Å²) in [7, 11) is -4.05. The molecule has 78 heavy (non-hydrogen) atoms. The SMILES string of the molecule is CCCCOP(=O)(OCCCC)c1c2nc(c(-c3cc(C(C)(C)C)cc(C(C)(C)C)c3)c3ccc([nH]3)c(-c3cc(C(C)(C)C)cc(C(C)(C)C)c3)c3nc(c(-c4cc(C(C)(C)C)cc(C(C)(C)C)c4)c4ccc1[nH]4)C=C3)C=C2. The predicted molar refractivity (Wildman–Crippen MR) is 336 cm³/mol. The number of unbranched alkanes of at least 4 members (excludes halogenated alkanes) is 2. The van der Waals surface area contributed by atoms with Gasteiger partial charge in [-0.15, -0.1) is 0 Å². The van der Waals surface area contributed by atoms with Crippen LogP contribution in [0, 0.1) is 0 Å². The van der Waals surface area contributed by atoms with Crippen LogP contribution in [0.5, 0.6) is 0 Å². The highest BCUT2D eigenvalue weighted by Gasteiger charge is 2.35. The summed E-state index contributed by atoms with van der Waals surface area (Å²) >= 11 is 0. The molecule has 0 saturated carbocycles. The maximum atomic E-state index is 16.1. The predicted octanol–water partition coefficient (Wildman–Crippen LogP) is 19.9. The van der Waals surface area contributed by atoms with Gasteiger partial charge in [-0.05, 0) is 144 Å². The molecule has 2 aliphatic heterocycles. The van der Waals surface area contributed by atoms with E-state index < -0.39 is 7.60 Å². The number of rotatable bonds is 12. The summed E-state index contributed by atoms with van der Waals surface area (Å²) in [5.74, 6) is 0. The van der Waals surface area contributed by atoms with Crippen LogP contribution in [0.2, 0.25) is 0 Å². The van der Waals surface area contributed by atoms with Crippen molar-refractivity contribution >= 4 is 59.3 Å². The summed E-state index contributed by atoms with van der Waals surface area (Å²) in [6.07, 6.45) is 11.7. The van der Waals surface area contributed by atoms with Crippen LogP contribution in [-0.4, -0.2) is 33.1 Å². The number of hydrogen-bond donors (Lipinski definition) is 2. The van der Waals surface area contributed by atoms with Gasteiger partial charge in [0.05, 0.1) is 41.5 Å². The maximum Gasteiger partial charge on any atom is 0.365 e. The van der Waals surface area contributed by atoms with Crippen molar-refractivity contribution in [3.63, 3.8) is 0 Å². The van der Waals surface area contributed by atoms with Crippen LogP contribution in [0.15, 0.2) is 78.9 Å². The topological polar surface area (TPSA) is 92.9 Å². The molecule has 3 aromatic heterocycles. The number of benzene rings is 3. The highest BCUT2D eigenvalue weighted by Crippen LogP contribution is 2.51. The summed E-state index contributed by atoms with van der Waals surface area (Å²) in [5.41, 5.74) is 19.0. The van der Waals surface area contributed by atoms with Gasteiger partial charge in [-0.3, -0.25) is 4.57 Å². The Bertz CT molecular complexity index is 3340. The zero-order valence-electron chi connectivity index (χ0n) is 51.1. The van der Waals surface area contributed by atoms with E-state index in [2.05, 4.69) is 239 Å². The van der Waals surface area contributed by atoms with E-state index >= 15 is 4.57 Å². The molecule has 0 atom stereocenters. The number of H-pyrrole nitrogens is 2. The first-order chi connectivity index (χ1) is 36.2. The van der Waals surface area contributed by atoms with Gasteiger partial charge in [-0.25, -0.2) is 9.97 Å². The molecular weight excluding hydrogens is 976 g/mol. The lowest BCUT2D eigenvalue weighted by Gasteiger charge is -2.26. The third kappa shape index (κ3) is 12.5. The summed E-state index contributed by atoms with van der Waals surface area (Å²) in [6, 6.07) is 29.8. The zero-order valence-corrected chi connectivity index (χ0v) is 52.0. The second-order valence-electron chi connectivity index (χ2n) is 28.2. The first-order valence-corrected chi connectivity index (χ1v) is 30.3. The minimum atomic E-state index is -4.05. The van der Waals surface area contributed by atoms with Crippen molar-refractivity contribution in [2.45, 2.75) is 197 Å². The highest BCUT2D eigenvalue weighted by molar-refractivity contribution is 7.62. The van der Waals surface area contributed by atoms with Gasteiger partial charge in [-0.2, -0.15) is 0 Å². The third-order valence-corrected chi connectivity index (χ3v) is 17.4. The van der Waals surface area contributed by atoms with E-state index in [9.17, 15) is 0 Å². The summed E-state index contributed by atoms with van der Waals surface area (Å²) in [6.45, 7) is 45.9. The normalized spacial score (nSPS) is 13.7. The van der Waals surface area contributed by atoms with Gasteiger partial charge >= 0.3 is 7.60 Å². The van der Waals surface area contributed by atoms with E-state index in [1.807, 2.05) is 12.1 Å². The molecule has 8 bridgehead atoms. The van der Waals surface area contributed by atoms with E-state index in [-0.39, 0.29) is 45.7 Å². The van der Waals surface area contributed by atoms with Crippen molar-refractivity contribution in [3.05, 3.63) is 135 Å². The van der Waals surface area contributed by atoms with Gasteiger partial charge in [0.1, 0.15) is 5.30 Å². The summed E-state index contributed by atoms with van der Waals surface area (Å²) in [4.78, 5) is 19.3. The number of aromatic nitrogens is 4. The number of nitrogens with zero attached hydrogens (tertiary/aromatic N) is 2. The minimum Gasteiger partial charge on any atom is -0.354 e. The third-order valence-electron chi connectivity index (χ3n) is 15.4. The summed E-state index contributed by atoms with van der Waals surface area (Å²) in [5, 5.41) is 0.419. The molecule has 0 unspecified atom stereocenters. The smallest absolute Gasteiger partial charge is 0.354 e. The van der Waals surface area contributed by atoms with Gasteiger partial charge in [0.15, 0.2) is 0 Å². The van der Waals surface area contributed by atoms with E-state index in [4.69, 9.17) is 19.0 Å². The van der Waals surface area contributed by atoms with E-state index in [1.54, 1.807) is 0 Å². The van der Waals surface area contributed by atoms with Gasteiger partial charge in [0, 0.05) is 33.2 Å². The fourth-order valence-electron chi connectivity index (χ4n) is 10.1. The van der Waals surface area contributed by atoms with Crippen molar-refractivity contribution in [3.8, 4) is 33.4 Å². The number of nitrogens with one attached hydrogen (secondary N) is 2. The van der Waals surface area contributed by atoms with E-state index in [0.717, 1.165) is 92.7 Å². The van der Waals surface area contributed by atoms with Gasteiger partial charge < -0.3 is 19.0 Å². The molecule has 3 aromatic carbocycles. The molecule has 0 radical (unpaired) electrons. The van der Waals surface area contributed by atoms with Crippen molar-refractivity contribution in [2.24, 2.45) is 0 Å². The standard InChI is InChI=1S/C70H91N4O3P/c1-21-23-33-76-78(75,77-34-24-22-2)64-59-31-29-57(73-59)62(45-37-49(67(9,10)11)42-50(38-45)68(12,13)14)55-27-25-53(71-55)61(44-35-47(65(3,4)5)41-48(36-44)66(6,7)8)54-26-28-56(72-54)63(58-30-32-60(64)74-58)46-39-51(69(15,16)17)43-52(40-46)70(18,19)20/h25-32,35-43,71,74H,21-24,33-34H2,1-20H3. The fraction of sp³-hybridized carbons (Fsp3) is 0.457. The molecule has 6 aromatic rings. The first kappa shape index (κ1) is 58.6. The number of fused-ring (bicyclic) bond motifs is 8. The van der Waals surface area contributed by atoms with E-state index in [1.165, 1.54) is 33.4 Å². The number of hydrogen-bond acceptors (Lipinski definition) is 5. The Morgan fingerprint density at radius 3 is 0.923 bits per heavy atom. The van der Waals surface area contributed by atoms with Crippen LogP contribution in [0.25, 0.3) is 79.8 Å². The van der Waals surface area contributed by atoms with Crippen LogP contribution in [0.3, 0.4) is 0 Å². The monoisotopic (exact) mass is 1070 g/mol. The molecule has 0 amide bonds. The first-order valence-electron chi connectivity index (χ1n) is 28.7. The maximum absolute atomic E-state index is 16.1. The molecule has 2 N–H and O–H groups in total. The largest absolute Gasteiger partial charge is 0.365 e. The van der Waals surface area contributed by atoms with Crippen LogP contribution < -0.4 is 5.30 Å². The second kappa shape index (κ2) is 21.5. The Morgan fingerprint density at radius 1 is 0.385 bits per heavy atom. The molecular formula is C70H91N4O3P. The lowest BCUT2D eigenvalue weighted by Crippen LogP contribution is -2.17. The molecule has 0 fully saturated rings. The lowest BCUT2D eigenvalue weighted by atomic mass is 9.78. The number of aromatic amines is 2. The van der Waals surface area contributed by atoms with Gasteiger partial charge in [0.25, 0.3) is 0 Å². The van der Waals surface area contributed by atoms with Crippen LogP contribution in [0.1, 0.15) is 220 Å². The van der Waals surface area contributed by atoms with Crippen molar-refractivity contribution in [2.75, 3.05) is 13.2 Å². The lowest BCUT2D eigenvalue weighted by molar-refractivity contribution is 0.209. The molecule has 8 rings (SSSR count). The second-order valence-corrected chi connectivity index (χ2v) is 30.2. The summed E-state index contributed by atoms with van der Waals surface area (Å²) < 4.78 is 29.2. The Hall–Kier alpha value is -5.59. The fourth-order valence-corrected chi connectivity index (χ4v) is 12.0. The van der Waals surface area contributed by atoms with Crippen LogP contribution in [0.4, 0.5) is 0 Å². The average Bonchev–Trinajstić information content (AvgIpc) is 4.27. The van der Waals surface area contributed by atoms with Crippen molar-refractivity contribution in [1.29, 1.82) is 0 Å². The highest BCUT2D eigenvalue weighted by atomic mass is 31.2.